The van der Waals surface area contributed by atoms with Crippen LogP contribution >= 0.6 is 11.8 Å². The van der Waals surface area contributed by atoms with Crippen LogP contribution in [0, 0.1) is 6.92 Å². The number of hydrogen-bond donors (Lipinski definition) is 0. The lowest BCUT2D eigenvalue weighted by Gasteiger charge is -2.20. The first kappa shape index (κ1) is 17.9. The quantitative estimate of drug-likeness (QED) is 0.801. The van der Waals surface area contributed by atoms with Gasteiger partial charge < -0.3 is 4.74 Å². The first-order chi connectivity index (χ1) is 12.6. The third-order valence-electron chi connectivity index (χ3n) is 5.13. The molecule has 1 atom stereocenters. The van der Waals surface area contributed by atoms with E-state index in [1.54, 1.807) is 22.5 Å². The zero-order valence-corrected chi connectivity index (χ0v) is 16.5. The maximum atomic E-state index is 13.1. The molecule has 4 nitrogen and oxygen atoms in total. The summed E-state index contributed by atoms with van der Waals surface area (Å²) in [7, 11) is -3.46. The van der Waals surface area contributed by atoms with Gasteiger partial charge >= 0.3 is 0 Å². The normalized spacial score (nSPS) is 21.0. The van der Waals surface area contributed by atoms with Gasteiger partial charge in [-0.15, -0.1) is 0 Å². The van der Waals surface area contributed by atoms with Gasteiger partial charge in [0.15, 0.2) is 0 Å². The SMILES string of the molecule is Cc1ccccc1[C@@H]1CCN(S(=O)(=O)c2ccc3c(c2)CCO3)CCS1. The van der Waals surface area contributed by atoms with Crippen LogP contribution in [0.1, 0.15) is 28.4 Å². The van der Waals surface area contributed by atoms with E-state index in [-0.39, 0.29) is 0 Å². The van der Waals surface area contributed by atoms with E-state index in [1.807, 2.05) is 11.8 Å². The Labute approximate surface area is 159 Å². The number of aryl methyl sites for hydroxylation is 1. The molecule has 138 valence electrons. The van der Waals surface area contributed by atoms with E-state index in [4.69, 9.17) is 4.74 Å². The minimum absolute atomic E-state index is 0.352. The summed E-state index contributed by atoms with van der Waals surface area (Å²) >= 11 is 1.86. The van der Waals surface area contributed by atoms with Crippen LogP contribution in [0.3, 0.4) is 0 Å². The Balaban J connectivity index is 1.54. The summed E-state index contributed by atoms with van der Waals surface area (Å²) in [6, 6.07) is 13.7. The molecule has 0 aromatic heterocycles. The highest BCUT2D eigenvalue weighted by Crippen LogP contribution is 2.37. The number of nitrogens with zero attached hydrogens (tertiary/aromatic N) is 1. The highest BCUT2D eigenvalue weighted by molar-refractivity contribution is 7.99. The van der Waals surface area contributed by atoms with Gasteiger partial charge in [0, 0.05) is 30.5 Å². The molecule has 2 heterocycles. The fourth-order valence-electron chi connectivity index (χ4n) is 3.66. The maximum Gasteiger partial charge on any atom is 0.243 e. The van der Waals surface area contributed by atoms with Gasteiger partial charge in [0.25, 0.3) is 0 Å². The molecule has 2 aromatic rings. The lowest BCUT2D eigenvalue weighted by molar-refractivity contribution is 0.356. The molecule has 2 aliphatic rings. The van der Waals surface area contributed by atoms with E-state index in [0.29, 0.717) is 29.8 Å². The van der Waals surface area contributed by atoms with Crippen molar-refractivity contribution in [2.24, 2.45) is 0 Å². The van der Waals surface area contributed by atoms with Gasteiger partial charge in [0.05, 0.1) is 11.5 Å². The van der Waals surface area contributed by atoms with Gasteiger partial charge in [-0.25, -0.2) is 8.42 Å². The van der Waals surface area contributed by atoms with Crippen LogP contribution in [-0.4, -0.2) is 38.2 Å². The largest absolute Gasteiger partial charge is 0.493 e. The van der Waals surface area contributed by atoms with Crippen LogP contribution in [0.4, 0.5) is 0 Å². The third-order valence-corrected chi connectivity index (χ3v) is 8.34. The standard InChI is InChI=1S/C20H23NO3S2/c1-15-4-2-3-5-18(15)20-8-10-21(11-13-25-20)26(22,23)17-6-7-19-16(14-17)9-12-24-19/h2-7,14,20H,8-13H2,1H3/t20-/m0/s1. The minimum atomic E-state index is -3.46. The molecule has 0 unspecified atom stereocenters. The van der Waals surface area contributed by atoms with E-state index < -0.39 is 10.0 Å². The zero-order valence-electron chi connectivity index (χ0n) is 14.8. The number of sulfonamides is 1. The average molecular weight is 390 g/mol. The second-order valence-corrected chi connectivity index (χ2v) is 10.0. The van der Waals surface area contributed by atoms with Crippen molar-refractivity contribution in [3.63, 3.8) is 0 Å². The fourth-order valence-corrected chi connectivity index (χ4v) is 6.61. The smallest absolute Gasteiger partial charge is 0.243 e. The molecule has 0 spiro atoms. The molecule has 1 fully saturated rings. The molecule has 0 saturated carbocycles. The van der Waals surface area contributed by atoms with Crippen molar-refractivity contribution in [3.8, 4) is 5.75 Å². The lowest BCUT2D eigenvalue weighted by Crippen LogP contribution is -2.33. The van der Waals surface area contributed by atoms with Crippen LogP contribution < -0.4 is 4.74 Å². The monoisotopic (exact) mass is 389 g/mol. The van der Waals surface area contributed by atoms with Crippen molar-refractivity contribution < 1.29 is 13.2 Å². The van der Waals surface area contributed by atoms with Gasteiger partial charge in [0.1, 0.15) is 5.75 Å². The molecule has 2 aliphatic heterocycles. The number of ether oxygens (including phenoxy) is 1. The maximum absolute atomic E-state index is 13.1. The Morgan fingerprint density at radius 3 is 2.85 bits per heavy atom. The van der Waals surface area contributed by atoms with Crippen molar-refractivity contribution in [1.29, 1.82) is 0 Å². The Hall–Kier alpha value is -1.50. The summed E-state index contributed by atoms with van der Waals surface area (Å²) in [5.74, 6) is 1.63. The molecule has 0 amide bonds. The zero-order chi connectivity index (χ0) is 18.1. The average Bonchev–Trinajstić information content (AvgIpc) is 2.97. The molecule has 6 heteroatoms. The van der Waals surface area contributed by atoms with Crippen LogP contribution in [-0.2, 0) is 16.4 Å². The summed E-state index contributed by atoms with van der Waals surface area (Å²) in [6.07, 6.45) is 1.62. The van der Waals surface area contributed by atoms with Crippen LogP contribution in [0.15, 0.2) is 47.4 Å². The van der Waals surface area contributed by atoms with E-state index >= 15 is 0 Å². The molecule has 0 aliphatic carbocycles. The second-order valence-electron chi connectivity index (χ2n) is 6.78. The van der Waals surface area contributed by atoms with E-state index in [9.17, 15) is 8.42 Å². The first-order valence-electron chi connectivity index (χ1n) is 8.99. The highest BCUT2D eigenvalue weighted by atomic mass is 32.2. The Bertz CT molecular complexity index is 911. The molecule has 1 saturated heterocycles. The van der Waals surface area contributed by atoms with Crippen LogP contribution in [0.5, 0.6) is 5.75 Å². The van der Waals surface area contributed by atoms with Crippen molar-refractivity contribution in [2.75, 3.05) is 25.4 Å². The second kappa shape index (κ2) is 7.25. The predicted octanol–water partition coefficient (Wildman–Crippen LogP) is 3.80. The van der Waals surface area contributed by atoms with Gasteiger partial charge in [0.2, 0.25) is 10.0 Å². The Morgan fingerprint density at radius 1 is 1.15 bits per heavy atom. The van der Waals surface area contributed by atoms with Crippen molar-refractivity contribution in [2.45, 2.75) is 29.9 Å². The Morgan fingerprint density at radius 2 is 2.00 bits per heavy atom. The van der Waals surface area contributed by atoms with Gasteiger partial charge in [-0.1, -0.05) is 24.3 Å². The number of benzene rings is 2. The van der Waals surface area contributed by atoms with Crippen LogP contribution in [0.25, 0.3) is 0 Å². The summed E-state index contributed by atoms with van der Waals surface area (Å²) in [6.45, 7) is 3.88. The predicted molar refractivity (Wildman–Crippen MR) is 105 cm³/mol. The number of hydrogen-bond acceptors (Lipinski definition) is 4. The van der Waals surface area contributed by atoms with Crippen molar-refractivity contribution >= 4 is 21.8 Å². The van der Waals surface area contributed by atoms with Crippen LogP contribution in [0.2, 0.25) is 0 Å². The van der Waals surface area contributed by atoms with E-state index in [2.05, 4.69) is 31.2 Å². The van der Waals surface area contributed by atoms with Gasteiger partial charge in [-0.3, -0.25) is 0 Å². The molecule has 2 aromatic carbocycles. The van der Waals surface area contributed by atoms with Crippen molar-refractivity contribution in [1.82, 2.24) is 4.31 Å². The van der Waals surface area contributed by atoms with Gasteiger partial charge in [-0.2, -0.15) is 16.1 Å². The molecule has 0 N–H and O–H groups in total. The number of thioether (sulfide) groups is 1. The summed E-state index contributed by atoms with van der Waals surface area (Å²) in [5, 5.41) is 0.352. The molecular formula is C20H23NO3S2. The van der Waals surface area contributed by atoms with E-state index in [0.717, 1.165) is 29.9 Å². The first-order valence-corrected chi connectivity index (χ1v) is 11.5. The highest BCUT2D eigenvalue weighted by Gasteiger charge is 2.29. The lowest BCUT2D eigenvalue weighted by atomic mass is 10.0. The topological polar surface area (TPSA) is 46.6 Å². The summed E-state index contributed by atoms with van der Waals surface area (Å²) in [5.41, 5.74) is 3.60. The summed E-state index contributed by atoms with van der Waals surface area (Å²) in [4.78, 5) is 0.390. The minimum Gasteiger partial charge on any atom is -0.493 e. The molecule has 0 radical (unpaired) electrons. The van der Waals surface area contributed by atoms with E-state index in [1.165, 1.54) is 11.1 Å². The molecule has 26 heavy (non-hydrogen) atoms. The number of rotatable bonds is 3. The molecular weight excluding hydrogens is 366 g/mol. The molecule has 4 rings (SSSR count). The number of fused-ring (bicyclic) bond motifs is 1. The third kappa shape index (κ3) is 3.38. The Kier molecular flexibility index (Phi) is 4.99. The van der Waals surface area contributed by atoms with Crippen molar-refractivity contribution in [3.05, 3.63) is 59.2 Å². The summed E-state index contributed by atoms with van der Waals surface area (Å²) < 4.78 is 33.4. The van der Waals surface area contributed by atoms with Gasteiger partial charge in [-0.05, 0) is 48.2 Å². The molecule has 0 bridgehead atoms. The fraction of sp³-hybridized carbons (Fsp3) is 0.400.